The van der Waals surface area contributed by atoms with Crippen molar-refractivity contribution >= 4 is 17.9 Å². The molecular weight excluding hydrogens is 355 g/mol. The Balaban J connectivity index is 1.70. The van der Waals surface area contributed by atoms with Gasteiger partial charge in [-0.2, -0.15) is 0 Å². The van der Waals surface area contributed by atoms with Crippen LogP contribution in [0.4, 0.5) is 4.39 Å². The lowest BCUT2D eigenvalue weighted by molar-refractivity contribution is -0.150. The van der Waals surface area contributed by atoms with Crippen molar-refractivity contribution in [3.8, 4) is 0 Å². The molecule has 0 bridgehead atoms. The Morgan fingerprint density at radius 2 is 1.52 bits per heavy atom. The zero-order valence-electron chi connectivity index (χ0n) is 14.5. The average molecular weight is 372 g/mol. The number of rotatable bonds is 5. The summed E-state index contributed by atoms with van der Waals surface area (Å²) in [4.78, 5) is 36.1. The van der Waals surface area contributed by atoms with Crippen molar-refractivity contribution in [1.29, 1.82) is 0 Å². The Bertz CT molecular complexity index is 834. The lowest BCUT2D eigenvalue weighted by atomic mass is 10.00. The van der Waals surface area contributed by atoms with Gasteiger partial charge in [-0.3, -0.25) is 0 Å². The van der Waals surface area contributed by atoms with Crippen molar-refractivity contribution in [3.05, 3.63) is 71.8 Å². The fourth-order valence-electron chi connectivity index (χ4n) is 2.66. The van der Waals surface area contributed by atoms with E-state index in [4.69, 9.17) is 14.2 Å². The molecule has 0 radical (unpaired) electrons. The standard InChI is InChI=1S/C20H17FO6/c1-20(21)16(27-18(23)14-10-6-3-7-11-14)15(26-19(20)24)12-25-17(22)13-8-4-2-5-9-13/h2-11,15-16H,12H2,1H3/t15-,16+,20-/m1/s1. The van der Waals surface area contributed by atoms with Crippen molar-refractivity contribution in [1.82, 2.24) is 0 Å². The lowest BCUT2D eigenvalue weighted by Gasteiger charge is -2.22. The first-order valence-electron chi connectivity index (χ1n) is 8.28. The van der Waals surface area contributed by atoms with E-state index in [0.29, 0.717) is 5.56 Å². The van der Waals surface area contributed by atoms with Crippen molar-refractivity contribution in [3.63, 3.8) is 0 Å². The van der Waals surface area contributed by atoms with Crippen LogP contribution >= 0.6 is 0 Å². The molecule has 0 amide bonds. The van der Waals surface area contributed by atoms with Crippen molar-refractivity contribution in [2.24, 2.45) is 0 Å². The van der Waals surface area contributed by atoms with Crippen LogP contribution in [0.1, 0.15) is 27.6 Å². The minimum absolute atomic E-state index is 0.202. The van der Waals surface area contributed by atoms with E-state index >= 15 is 0 Å². The van der Waals surface area contributed by atoms with E-state index in [1.54, 1.807) is 48.5 Å². The van der Waals surface area contributed by atoms with Crippen LogP contribution in [-0.2, 0) is 19.0 Å². The van der Waals surface area contributed by atoms with E-state index < -0.39 is 42.4 Å². The van der Waals surface area contributed by atoms with Crippen LogP contribution in [0.2, 0.25) is 0 Å². The number of carbonyl (C=O) groups excluding carboxylic acids is 3. The van der Waals surface area contributed by atoms with E-state index in [9.17, 15) is 18.8 Å². The Kier molecular flexibility index (Phi) is 5.21. The monoisotopic (exact) mass is 372 g/mol. The summed E-state index contributed by atoms with van der Waals surface area (Å²) in [6.45, 7) is 0.531. The molecule has 1 aliphatic rings. The second kappa shape index (κ2) is 7.57. The number of hydrogen-bond donors (Lipinski definition) is 0. The van der Waals surface area contributed by atoms with Crippen molar-refractivity contribution in [2.75, 3.05) is 6.61 Å². The van der Waals surface area contributed by atoms with Crippen LogP contribution in [-0.4, -0.2) is 42.4 Å². The molecule has 0 unspecified atom stereocenters. The Hall–Kier alpha value is -3.22. The highest BCUT2D eigenvalue weighted by Crippen LogP contribution is 2.33. The van der Waals surface area contributed by atoms with Gasteiger partial charge >= 0.3 is 17.9 Å². The molecule has 0 aromatic heterocycles. The topological polar surface area (TPSA) is 78.9 Å². The number of benzene rings is 2. The zero-order valence-corrected chi connectivity index (χ0v) is 14.5. The molecule has 3 rings (SSSR count). The largest absolute Gasteiger partial charge is 0.458 e. The first-order chi connectivity index (χ1) is 12.9. The Morgan fingerprint density at radius 3 is 2.07 bits per heavy atom. The fourth-order valence-corrected chi connectivity index (χ4v) is 2.66. The predicted molar refractivity (Wildman–Crippen MR) is 91.8 cm³/mol. The maximum Gasteiger partial charge on any atom is 0.348 e. The van der Waals surface area contributed by atoms with E-state index in [2.05, 4.69) is 0 Å². The number of halogens is 1. The summed E-state index contributed by atoms with van der Waals surface area (Å²) in [5, 5.41) is 0. The molecule has 6 nitrogen and oxygen atoms in total. The van der Waals surface area contributed by atoms with Gasteiger partial charge in [-0.15, -0.1) is 0 Å². The van der Waals surface area contributed by atoms with Gasteiger partial charge in [0.15, 0.2) is 12.2 Å². The number of hydrogen-bond acceptors (Lipinski definition) is 6. The molecule has 1 aliphatic heterocycles. The first-order valence-corrected chi connectivity index (χ1v) is 8.28. The Labute approximate surface area is 154 Å². The van der Waals surface area contributed by atoms with Gasteiger partial charge < -0.3 is 14.2 Å². The molecule has 2 aromatic rings. The average Bonchev–Trinajstić information content (AvgIpc) is 2.90. The van der Waals surface area contributed by atoms with E-state index in [1.807, 2.05) is 0 Å². The fraction of sp³-hybridized carbons (Fsp3) is 0.250. The summed E-state index contributed by atoms with van der Waals surface area (Å²) >= 11 is 0. The highest BCUT2D eigenvalue weighted by Gasteiger charge is 2.58. The lowest BCUT2D eigenvalue weighted by Crippen LogP contribution is -2.44. The highest BCUT2D eigenvalue weighted by atomic mass is 19.1. The molecule has 0 saturated carbocycles. The molecule has 0 aliphatic carbocycles. The molecule has 140 valence electrons. The summed E-state index contributed by atoms with van der Waals surface area (Å²) in [6, 6.07) is 16.1. The number of ether oxygens (including phenoxy) is 3. The van der Waals surface area contributed by atoms with Gasteiger partial charge in [-0.25, -0.2) is 18.8 Å². The molecule has 0 spiro atoms. The van der Waals surface area contributed by atoms with Gasteiger partial charge in [0, 0.05) is 0 Å². The van der Waals surface area contributed by atoms with Crippen LogP contribution in [0.15, 0.2) is 60.7 Å². The van der Waals surface area contributed by atoms with Gasteiger partial charge in [0.05, 0.1) is 11.1 Å². The van der Waals surface area contributed by atoms with E-state index in [0.717, 1.165) is 6.92 Å². The van der Waals surface area contributed by atoms with Gasteiger partial charge in [0.2, 0.25) is 5.67 Å². The number of cyclic esters (lactones) is 1. The minimum atomic E-state index is -2.55. The molecule has 27 heavy (non-hydrogen) atoms. The maximum atomic E-state index is 14.8. The Morgan fingerprint density at radius 1 is 1.00 bits per heavy atom. The number of carbonyl (C=O) groups is 3. The second-order valence-corrected chi connectivity index (χ2v) is 6.18. The van der Waals surface area contributed by atoms with Crippen LogP contribution < -0.4 is 0 Å². The van der Waals surface area contributed by atoms with Crippen LogP contribution in [0.25, 0.3) is 0 Å². The molecule has 1 fully saturated rings. The minimum Gasteiger partial charge on any atom is -0.458 e. The first kappa shape index (κ1) is 18.6. The van der Waals surface area contributed by atoms with Gasteiger partial charge in [-0.1, -0.05) is 36.4 Å². The number of esters is 3. The third-order valence-electron chi connectivity index (χ3n) is 4.16. The van der Waals surface area contributed by atoms with Crippen LogP contribution in [0.3, 0.4) is 0 Å². The van der Waals surface area contributed by atoms with Crippen LogP contribution in [0, 0.1) is 0 Å². The normalized spacial score (nSPS) is 24.1. The third kappa shape index (κ3) is 3.97. The predicted octanol–water partition coefficient (Wildman–Crippen LogP) is 2.72. The van der Waals surface area contributed by atoms with E-state index in [1.165, 1.54) is 12.1 Å². The molecule has 0 N–H and O–H groups in total. The smallest absolute Gasteiger partial charge is 0.348 e. The van der Waals surface area contributed by atoms with Gasteiger partial charge in [-0.05, 0) is 31.2 Å². The molecule has 7 heteroatoms. The quantitative estimate of drug-likeness (QED) is 0.593. The van der Waals surface area contributed by atoms with Crippen molar-refractivity contribution in [2.45, 2.75) is 24.8 Å². The van der Waals surface area contributed by atoms with E-state index in [-0.39, 0.29) is 5.56 Å². The van der Waals surface area contributed by atoms with Gasteiger partial charge in [0.1, 0.15) is 6.61 Å². The summed E-state index contributed by atoms with van der Waals surface area (Å²) in [6.07, 6.45) is -2.78. The molecule has 3 atom stereocenters. The van der Waals surface area contributed by atoms with Gasteiger partial charge in [0.25, 0.3) is 0 Å². The second-order valence-electron chi connectivity index (χ2n) is 6.18. The molecular formula is C20H17FO6. The summed E-state index contributed by atoms with van der Waals surface area (Å²) < 4.78 is 30.0. The summed E-state index contributed by atoms with van der Waals surface area (Å²) in [5.74, 6) is -2.64. The zero-order chi connectivity index (χ0) is 19.4. The summed E-state index contributed by atoms with van der Waals surface area (Å²) in [5.41, 5.74) is -2.05. The third-order valence-corrected chi connectivity index (χ3v) is 4.16. The maximum absolute atomic E-state index is 14.8. The molecule has 2 aromatic carbocycles. The van der Waals surface area contributed by atoms with Crippen LogP contribution in [0.5, 0.6) is 0 Å². The number of alkyl halides is 1. The SMILES string of the molecule is C[C@]1(F)C(=O)O[C@H](COC(=O)c2ccccc2)[C@@H]1OC(=O)c1ccccc1. The molecule has 1 heterocycles. The summed E-state index contributed by atoms with van der Waals surface area (Å²) in [7, 11) is 0. The highest BCUT2D eigenvalue weighted by molar-refractivity contribution is 5.91. The van der Waals surface area contributed by atoms with Crippen molar-refractivity contribution < 1.29 is 33.0 Å². The molecule has 1 saturated heterocycles.